The fraction of sp³-hybridized carbons (Fsp3) is 0.611. The molecule has 0 spiro atoms. The standard InChI is InChI=1S/C18H23F2NO3S/c1-17(2)12-8-9-18(17,3)14(10-12)21-15(22)11-4-6-13(7-5-11)25(23,24)16(19)20/h4-7,12,14,16H,8-10H2,1-3H3,(H,21,22)/t12-,14+,18-/m1/s1. The summed E-state index contributed by atoms with van der Waals surface area (Å²) in [4.78, 5) is 12.0. The summed E-state index contributed by atoms with van der Waals surface area (Å²) in [5.41, 5.74) is 0.476. The zero-order chi connectivity index (χ0) is 18.6. The van der Waals surface area contributed by atoms with Gasteiger partial charge < -0.3 is 5.32 Å². The third-order valence-electron chi connectivity index (χ3n) is 6.78. The fourth-order valence-electron chi connectivity index (χ4n) is 4.56. The Balaban J connectivity index is 1.75. The molecule has 2 saturated carbocycles. The molecule has 2 fully saturated rings. The molecular weight excluding hydrogens is 348 g/mol. The van der Waals surface area contributed by atoms with Crippen molar-refractivity contribution in [3.05, 3.63) is 29.8 Å². The number of nitrogens with one attached hydrogen (secondary N) is 1. The molecule has 0 aromatic heterocycles. The van der Waals surface area contributed by atoms with Crippen LogP contribution in [0.2, 0.25) is 0 Å². The number of rotatable bonds is 4. The molecule has 138 valence electrons. The summed E-state index contributed by atoms with van der Waals surface area (Å²) in [5, 5.41) is 3.07. The van der Waals surface area contributed by atoms with Crippen molar-refractivity contribution in [3.63, 3.8) is 0 Å². The molecule has 0 unspecified atom stereocenters. The number of benzene rings is 1. The first-order chi connectivity index (χ1) is 11.5. The Morgan fingerprint density at radius 3 is 2.24 bits per heavy atom. The smallest absolute Gasteiger partial charge is 0.341 e. The van der Waals surface area contributed by atoms with Gasteiger partial charge in [-0.1, -0.05) is 20.8 Å². The van der Waals surface area contributed by atoms with Gasteiger partial charge in [0.15, 0.2) is 0 Å². The highest BCUT2D eigenvalue weighted by Crippen LogP contribution is 2.65. The molecule has 2 bridgehead atoms. The molecule has 2 aliphatic carbocycles. The minimum atomic E-state index is -4.64. The molecule has 0 heterocycles. The van der Waals surface area contributed by atoms with Crippen molar-refractivity contribution in [1.29, 1.82) is 0 Å². The predicted molar refractivity (Wildman–Crippen MR) is 90.1 cm³/mol. The first kappa shape index (κ1) is 18.3. The Morgan fingerprint density at radius 2 is 1.80 bits per heavy atom. The van der Waals surface area contributed by atoms with Gasteiger partial charge in [0.1, 0.15) is 0 Å². The van der Waals surface area contributed by atoms with Crippen LogP contribution in [0.4, 0.5) is 8.78 Å². The number of amides is 1. The molecule has 1 amide bonds. The molecule has 0 radical (unpaired) electrons. The Labute approximate surface area is 146 Å². The van der Waals surface area contributed by atoms with Gasteiger partial charge in [-0.25, -0.2) is 8.42 Å². The second-order valence-electron chi connectivity index (χ2n) is 7.97. The summed E-state index contributed by atoms with van der Waals surface area (Å²) >= 11 is 0. The van der Waals surface area contributed by atoms with Crippen molar-refractivity contribution < 1.29 is 22.0 Å². The van der Waals surface area contributed by atoms with E-state index < -0.39 is 20.5 Å². The second kappa shape index (κ2) is 5.76. The first-order valence-electron chi connectivity index (χ1n) is 8.43. The molecule has 7 heteroatoms. The maximum atomic E-state index is 12.6. The SMILES string of the molecule is CC1(C)[C@@H]2CC[C@]1(C)[C@@H](NC(=O)c1ccc(S(=O)(=O)C(F)F)cc1)C2. The summed E-state index contributed by atoms with van der Waals surface area (Å²) in [6.07, 6.45) is 3.18. The molecular formula is C18H23F2NO3S. The highest BCUT2D eigenvalue weighted by atomic mass is 32.2. The Hall–Kier alpha value is -1.50. The number of sulfone groups is 1. The van der Waals surface area contributed by atoms with Crippen molar-refractivity contribution in [2.75, 3.05) is 0 Å². The molecule has 1 aromatic rings. The van der Waals surface area contributed by atoms with Crippen LogP contribution >= 0.6 is 0 Å². The zero-order valence-electron chi connectivity index (χ0n) is 14.6. The lowest BCUT2D eigenvalue weighted by atomic mass is 9.69. The number of hydrogen-bond acceptors (Lipinski definition) is 3. The van der Waals surface area contributed by atoms with Gasteiger partial charge in [-0.2, -0.15) is 8.78 Å². The van der Waals surface area contributed by atoms with Crippen LogP contribution in [0.5, 0.6) is 0 Å². The predicted octanol–water partition coefficient (Wildman–Crippen LogP) is 3.63. The van der Waals surface area contributed by atoms with Crippen molar-refractivity contribution in [2.45, 2.75) is 56.7 Å². The third kappa shape index (κ3) is 2.67. The highest BCUT2D eigenvalue weighted by molar-refractivity contribution is 7.91. The minimum absolute atomic E-state index is 0.0340. The van der Waals surface area contributed by atoms with Gasteiger partial charge in [0.05, 0.1) is 4.90 Å². The topological polar surface area (TPSA) is 63.2 Å². The zero-order valence-corrected chi connectivity index (χ0v) is 15.4. The van der Waals surface area contributed by atoms with E-state index in [1.807, 2.05) is 0 Å². The first-order valence-corrected chi connectivity index (χ1v) is 9.98. The number of fused-ring (bicyclic) bond motifs is 2. The lowest BCUT2D eigenvalue weighted by Gasteiger charge is -2.39. The van der Waals surface area contributed by atoms with Gasteiger partial charge in [-0.3, -0.25) is 4.79 Å². The Morgan fingerprint density at radius 1 is 1.20 bits per heavy atom. The maximum Gasteiger partial charge on any atom is 0.341 e. The van der Waals surface area contributed by atoms with Gasteiger partial charge >= 0.3 is 5.76 Å². The summed E-state index contributed by atoms with van der Waals surface area (Å²) in [5.74, 6) is -3.18. The summed E-state index contributed by atoms with van der Waals surface area (Å²) in [6, 6.07) is 4.75. The van der Waals surface area contributed by atoms with Crippen LogP contribution in [0.15, 0.2) is 29.2 Å². The Kier molecular flexibility index (Phi) is 4.21. The maximum absolute atomic E-state index is 12.6. The van der Waals surface area contributed by atoms with Gasteiger partial charge in [0.25, 0.3) is 5.91 Å². The van der Waals surface area contributed by atoms with Crippen LogP contribution in [0, 0.1) is 16.7 Å². The summed E-state index contributed by atoms with van der Waals surface area (Å²) in [7, 11) is -4.64. The largest absolute Gasteiger partial charge is 0.349 e. The van der Waals surface area contributed by atoms with Gasteiger partial charge in [-0.15, -0.1) is 0 Å². The summed E-state index contributed by atoms with van der Waals surface area (Å²) < 4.78 is 48.0. The lowest BCUT2D eigenvalue weighted by molar-refractivity contribution is 0.0826. The molecule has 1 aromatic carbocycles. The van der Waals surface area contributed by atoms with E-state index >= 15 is 0 Å². The fourth-order valence-corrected chi connectivity index (χ4v) is 5.28. The monoisotopic (exact) mass is 371 g/mol. The van der Waals surface area contributed by atoms with Gasteiger partial charge in [0, 0.05) is 11.6 Å². The van der Waals surface area contributed by atoms with Gasteiger partial charge in [0.2, 0.25) is 9.84 Å². The average molecular weight is 371 g/mol. The van der Waals surface area contributed by atoms with E-state index in [9.17, 15) is 22.0 Å². The van der Waals surface area contributed by atoms with Crippen LogP contribution < -0.4 is 5.32 Å². The van der Waals surface area contributed by atoms with Crippen molar-refractivity contribution in [3.8, 4) is 0 Å². The van der Waals surface area contributed by atoms with Crippen molar-refractivity contribution >= 4 is 15.7 Å². The molecule has 3 rings (SSSR count). The molecule has 0 saturated heterocycles. The quantitative estimate of drug-likeness (QED) is 0.879. The average Bonchev–Trinajstić information content (AvgIpc) is 2.88. The normalized spacial score (nSPS) is 30.6. The molecule has 1 N–H and O–H groups in total. The van der Waals surface area contributed by atoms with Crippen LogP contribution in [0.3, 0.4) is 0 Å². The van der Waals surface area contributed by atoms with Crippen LogP contribution in [0.1, 0.15) is 50.4 Å². The summed E-state index contributed by atoms with van der Waals surface area (Å²) in [6.45, 7) is 6.71. The van der Waals surface area contributed by atoms with E-state index in [1.165, 1.54) is 18.6 Å². The number of carbonyl (C=O) groups is 1. The lowest BCUT2D eigenvalue weighted by Crippen LogP contribution is -2.46. The number of alkyl halides is 2. The minimum Gasteiger partial charge on any atom is -0.349 e. The van der Waals surface area contributed by atoms with Crippen LogP contribution in [0.25, 0.3) is 0 Å². The second-order valence-corrected chi connectivity index (χ2v) is 9.88. The third-order valence-corrected chi connectivity index (χ3v) is 8.18. The highest BCUT2D eigenvalue weighted by Gasteiger charge is 2.61. The van der Waals surface area contributed by atoms with E-state index in [0.717, 1.165) is 25.0 Å². The number of halogens is 2. The molecule has 3 atom stereocenters. The Bertz CT molecular complexity index is 789. The molecule has 25 heavy (non-hydrogen) atoms. The number of hydrogen-bond donors (Lipinski definition) is 1. The van der Waals surface area contributed by atoms with E-state index in [-0.39, 0.29) is 28.3 Å². The molecule has 2 aliphatic rings. The molecule has 0 aliphatic heterocycles. The van der Waals surface area contributed by atoms with Crippen molar-refractivity contribution in [1.82, 2.24) is 5.32 Å². The molecule has 4 nitrogen and oxygen atoms in total. The van der Waals surface area contributed by atoms with Crippen LogP contribution in [-0.4, -0.2) is 26.1 Å². The van der Waals surface area contributed by atoms with Gasteiger partial charge in [-0.05, 0) is 60.3 Å². The van der Waals surface area contributed by atoms with E-state index in [1.54, 1.807) is 0 Å². The van der Waals surface area contributed by atoms with E-state index in [2.05, 4.69) is 26.1 Å². The van der Waals surface area contributed by atoms with E-state index in [4.69, 9.17) is 0 Å². The van der Waals surface area contributed by atoms with Crippen LogP contribution in [-0.2, 0) is 9.84 Å². The van der Waals surface area contributed by atoms with Crippen molar-refractivity contribution in [2.24, 2.45) is 16.7 Å². The van der Waals surface area contributed by atoms with E-state index in [0.29, 0.717) is 5.92 Å². The number of carbonyl (C=O) groups excluding carboxylic acids is 1.